The predicted molar refractivity (Wildman–Crippen MR) is 58.7 cm³/mol. The van der Waals surface area contributed by atoms with E-state index < -0.39 is 11.9 Å². The molecule has 5 nitrogen and oxygen atoms in total. The largest absolute Gasteiger partial charge is 0.330 e. The minimum Gasteiger partial charge on any atom is -0.330 e. The van der Waals surface area contributed by atoms with Crippen LogP contribution in [0.3, 0.4) is 0 Å². The number of carbonyl (C=O) groups is 2. The van der Waals surface area contributed by atoms with E-state index in [1.807, 2.05) is 0 Å². The Morgan fingerprint density at radius 2 is 1.94 bits per heavy atom. The Morgan fingerprint density at radius 1 is 1.31 bits per heavy atom. The molecule has 0 aliphatic carbocycles. The second-order valence-corrected chi connectivity index (χ2v) is 2.99. The summed E-state index contributed by atoms with van der Waals surface area (Å²) in [4.78, 5) is 33.8. The molecule has 0 aliphatic rings. The first-order chi connectivity index (χ1) is 7.66. The molecular formula is C11H11N2O3. The second kappa shape index (κ2) is 5.65. The zero-order chi connectivity index (χ0) is 12.0. The van der Waals surface area contributed by atoms with E-state index in [-0.39, 0.29) is 6.54 Å². The van der Waals surface area contributed by atoms with E-state index in [0.29, 0.717) is 5.69 Å². The lowest BCUT2D eigenvalue weighted by molar-refractivity contribution is -0.115. The molecule has 5 heteroatoms. The second-order valence-electron chi connectivity index (χ2n) is 2.99. The van der Waals surface area contributed by atoms with E-state index >= 15 is 0 Å². The fraction of sp³-hybridized carbons (Fsp3) is 0.182. The van der Waals surface area contributed by atoms with Crippen molar-refractivity contribution in [3.8, 4) is 0 Å². The molecule has 0 aromatic heterocycles. The van der Waals surface area contributed by atoms with Crippen LogP contribution in [-0.4, -0.2) is 24.8 Å². The van der Waals surface area contributed by atoms with Crippen molar-refractivity contribution < 1.29 is 14.4 Å². The first-order valence-electron chi connectivity index (χ1n) is 4.65. The average molecular weight is 219 g/mol. The maximum atomic E-state index is 11.6. The first-order valence-corrected chi connectivity index (χ1v) is 4.65. The van der Waals surface area contributed by atoms with Crippen LogP contribution in [-0.2, 0) is 9.59 Å². The number of para-hydroxylation sites is 1. The van der Waals surface area contributed by atoms with E-state index in [1.54, 1.807) is 30.3 Å². The van der Waals surface area contributed by atoms with Gasteiger partial charge in [-0.15, -0.1) is 0 Å². The van der Waals surface area contributed by atoms with Gasteiger partial charge < -0.3 is 5.32 Å². The predicted octanol–water partition coefficient (Wildman–Crippen LogP) is 0.859. The molecule has 83 valence electrons. The number of amides is 3. The van der Waals surface area contributed by atoms with Crippen molar-refractivity contribution in [2.24, 2.45) is 0 Å². The van der Waals surface area contributed by atoms with Gasteiger partial charge in [0.1, 0.15) is 0 Å². The SMILES string of the molecule is CC(=O)N(C(=O)NC[C]=O)c1ccccc1. The lowest BCUT2D eigenvalue weighted by Gasteiger charge is -2.18. The number of hydrogen-bond donors (Lipinski definition) is 1. The number of rotatable bonds is 3. The number of carbonyl (C=O) groups excluding carboxylic acids is 3. The summed E-state index contributed by atoms with van der Waals surface area (Å²) in [5.41, 5.74) is 0.457. The molecule has 0 fully saturated rings. The van der Waals surface area contributed by atoms with Crippen LogP contribution < -0.4 is 10.2 Å². The molecular weight excluding hydrogens is 208 g/mol. The van der Waals surface area contributed by atoms with Gasteiger partial charge in [0, 0.05) is 6.92 Å². The van der Waals surface area contributed by atoms with Crippen LogP contribution in [0, 0.1) is 0 Å². The van der Waals surface area contributed by atoms with Crippen LogP contribution in [0.25, 0.3) is 0 Å². The summed E-state index contributed by atoms with van der Waals surface area (Å²) < 4.78 is 0. The van der Waals surface area contributed by atoms with Gasteiger partial charge in [-0.3, -0.25) is 9.59 Å². The highest BCUT2D eigenvalue weighted by molar-refractivity contribution is 6.13. The van der Waals surface area contributed by atoms with Crippen molar-refractivity contribution in [2.75, 3.05) is 11.4 Å². The molecule has 1 aromatic carbocycles. The molecule has 1 N–H and O–H groups in total. The minimum atomic E-state index is -0.637. The van der Waals surface area contributed by atoms with Crippen molar-refractivity contribution in [1.82, 2.24) is 5.32 Å². The van der Waals surface area contributed by atoms with E-state index in [2.05, 4.69) is 5.32 Å². The van der Waals surface area contributed by atoms with Gasteiger partial charge in [-0.25, -0.2) is 9.69 Å². The number of hydrogen-bond acceptors (Lipinski definition) is 3. The molecule has 1 aromatic rings. The zero-order valence-corrected chi connectivity index (χ0v) is 8.77. The fourth-order valence-corrected chi connectivity index (χ4v) is 1.21. The monoisotopic (exact) mass is 219 g/mol. The molecule has 0 unspecified atom stereocenters. The standard InChI is InChI=1S/C11H11N2O3/c1-9(15)13(11(16)12-7-8-14)10-5-3-2-4-6-10/h2-6H,7H2,1H3,(H,12,16). The van der Waals surface area contributed by atoms with Crippen LogP contribution in [0.5, 0.6) is 0 Å². The molecule has 0 spiro atoms. The van der Waals surface area contributed by atoms with Gasteiger partial charge in [0.15, 0.2) is 0 Å². The number of benzene rings is 1. The summed E-state index contributed by atoms with van der Waals surface area (Å²) in [7, 11) is 0. The number of nitrogens with zero attached hydrogens (tertiary/aromatic N) is 1. The quantitative estimate of drug-likeness (QED) is 0.819. The molecule has 0 atom stereocenters. The summed E-state index contributed by atoms with van der Waals surface area (Å²) in [6.45, 7) is 1.03. The normalized spacial score (nSPS) is 9.31. The summed E-state index contributed by atoms with van der Waals surface area (Å²) >= 11 is 0. The van der Waals surface area contributed by atoms with Crippen LogP contribution in [0.4, 0.5) is 10.5 Å². The lowest BCUT2D eigenvalue weighted by atomic mass is 10.3. The Hall–Kier alpha value is -2.17. The minimum absolute atomic E-state index is 0.241. The Morgan fingerprint density at radius 3 is 2.44 bits per heavy atom. The highest BCUT2D eigenvalue weighted by atomic mass is 16.2. The Kier molecular flexibility index (Phi) is 4.20. The molecule has 0 heterocycles. The van der Waals surface area contributed by atoms with E-state index in [4.69, 9.17) is 0 Å². The molecule has 0 aliphatic heterocycles. The third-order valence-electron chi connectivity index (χ3n) is 1.84. The Labute approximate surface area is 93.1 Å². The number of nitrogens with one attached hydrogen (secondary N) is 1. The first kappa shape index (κ1) is 11.9. The molecule has 0 saturated heterocycles. The van der Waals surface area contributed by atoms with Gasteiger partial charge in [0.05, 0.1) is 12.2 Å². The summed E-state index contributed by atoms with van der Waals surface area (Å²) in [5, 5.41) is 2.25. The van der Waals surface area contributed by atoms with Crippen molar-refractivity contribution >= 4 is 23.9 Å². The number of urea groups is 1. The Balaban J connectivity index is 2.88. The summed E-state index contributed by atoms with van der Waals surface area (Å²) in [6.07, 6.45) is 1.52. The van der Waals surface area contributed by atoms with Crippen molar-refractivity contribution in [3.05, 3.63) is 30.3 Å². The van der Waals surface area contributed by atoms with Crippen molar-refractivity contribution in [1.29, 1.82) is 0 Å². The maximum Gasteiger partial charge on any atom is 0.329 e. The number of imide groups is 1. The number of anilines is 1. The summed E-state index contributed by atoms with van der Waals surface area (Å²) in [6, 6.07) is 7.83. The third kappa shape index (κ3) is 2.91. The van der Waals surface area contributed by atoms with E-state index in [9.17, 15) is 14.4 Å². The van der Waals surface area contributed by atoms with Crippen molar-refractivity contribution in [2.45, 2.75) is 6.92 Å². The lowest BCUT2D eigenvalue weighted by Crippen LogP contribution is -2.43. The van der Waals surface area contributed by atoms with Crippen LogP contribution in [0.2, 0.25) is 0 Å². The van der Waals surface area contributed by atoms with Gasteiger partial charge >= 0.3 is 6.03 Å². The van der Waals surface area contributed by atoms with Crippen molar-refractivity contribution in [3.63, 3.8) is 0 Å². The van der Waals surface area contributed by atoms with E-state index in [0.717, 1.165) is 4.90 Å². The van der Waals surface area contributed by atoms with E-state index in [1.165, 1.54) is 13.2 Å². The van der Waals surface area contributed by atoms with Gasteiger partial charge in [0.25, 0.3) is 0 Å². The Bertz CT molecular complexity index is 389. The van der Waals surface area contributed by atoms with Crippen LogP contribution in [0.15, 0.2) is 30.3 Å². The molecule has 16 heavy (non-hydrogen) atoms. The van der Waals surface area contributed by atoms with Gasteiger partial charge in [-0.2, -0.15) is 0 Å². The molecule has 0 saturated carbocycles. The molecule has 3 amide bonds. The summed E-state index contributed by atoms with van der Waals surface area (Å²) in [5.74, 6) is -0.422. The van der Waals surface area contributed by atoms with Gasteiger partial charge in [-0.1, -0.05) is 18.2 Å². The fourth-order valence-electron chi connectivity index (χ4n) is 1.21. The smallest absolute Gasteiger partial charge is 0.329 e. The highest BCUT2D eigenvalue weighted by Gasteiger charge is 2.18. The van der Waals surface area contributed by atoms with Crippen LogP contribution in [0.1, 0.15) is 6.92 Å². The van der Waals surface area contributed by atoms with Gasteiger partial charge in [0.2, 0.25) is 12.2 Å². The molecule has 1 radical (unpaired) electrons. The van der Waals surface area contributed by atoms with Crippen LogP contribution >= 0.6 is 0 Å². The molecule has 0 bridgehead atoms. The average Bonchev–Trinajstić information content (AvgIpc) is 2.27. The third-order valence-corrected chi connectivity index (χ3v) is 1.84. The molecule has 1 rings (SSSR count). The highest BCUT2D eigenvalue weighted by Crippen LogP contribution is 2.13. The topological polar surface area (TPSA) is 66.5 Å². The van der Waals surface area contributed by atoms with Gasteiger partial charge in [-0.05, 0) is 12.1 Å². The zero-order valence-electron chi connectivity index (χ0n) is 8.77. The maximum absolute atomic E-state index is 11.6.